The van der Waals surface area contributed by atoms with Gasteiger partial charge in [-0.25, -0.2) is 0 Å². The molecule has 0 radical (unpaired) electrons. The summed E-state index contributed by atoms with van der Waals surface area (Å²) in [6.45, 7) is 5.42. The van der Waals surface area contributed by atoms with Crippen LogP contribution in [0.25, 0.3) is 0 Å². The van der Waals surface area contributed by atoms with Crippen molar-refractivity contribution >= 4 is 11.6 Å². The van der Waals surface area contributed by atoms with Crippen molar-refractivity contribution in [3.8, 4) is 0 Å². The van der Waals surface area contributed by atoms with Crippen LogP contribution in [-0.4, -0.2) is 22.4 Å². The van der Waals surface area contributed by atoms with Gasteiger partial charge in [-0.05, 0) is 33.2 Å². The molecule has 1 fully saturated rings. The van der Waals surface area contributed by atoms with Gasteiger partial charge in [0.2, 0.25) is 0 Å². The molecule has 0 amide bonds. The molecule has 1 aromatic rings. The summed E-state index contributed by atoms with van der Waals surface area (Å²) in [6, 6.07) is 0.951. The number of hydrogen-bond donors (Lipinski definition) is 1. The van der Waals surface area contributed by atoms with E-state index in [2.05, 4.69) is 24.3 Å². The van der Waals surface area contributed by atoms with Crippen molar-refractivity contribution in [1.29, 1.82) is 0 Å². The molecule has 1 atom stereocenters. The number of halogens is 1. The third kappa shape index (κ3) is 2.58. The van der Waals surface area contributed by atoms with Crippen molar-refractivity contribution < 1.29 is 0 Å². The smallest absolute Gasteiger partial charge is 0.0818 e. The first kappa shape index (κ1) is 11.9. The van der Waals surface area contributed by atoms with Crippen LogP contribution in [0.15, 0.2) is 6.20 Å². The maximum atomic E-state index is 6.20. The normalized spacial score (nSPS) is 21.6. The van der Waals surface area contributed by atoms with Gasteiger partial charge in [-0.15, -0.1) is 0 Å². The van der Waals surface area contributed by atoms with Gasteiger partial charge in [-0.3, -0.25) is 4.68 Å². The Balaban J connectivity index is 2.09. The summed E-state index contributed by atoms with van der Waals surface area (Å²) in [5.74, 6) is 0. The fraction of sp³-hybridized carbons (Fsp3) is 0.750. The van der Waals surface area contributed by atoms with Gasteiger partial charge in [-0.1, -0.05) is 18.0 Å². The Bertz CT molecular complexity index is 340. The molecule has 0 spiro atoms. The van der Waals surface area contributed by atoms with E-state index in [1.807, 2.05) is 4.68 Å². The van der Waals surface area contributed by atoms with Crippen LogP contribution in [-0.2, 0) is 6.42 Å². The van der Waals surface area contributed by atoms with E-state index in [1.54, 1.807) is 6.20 Å². The van der Waals surface area contributed by atoms with Crippen LogP contribution in [0.4, 0.5) is 0 Å². The predicted molar refractivity (Wildman–Crippen MR) is 67.0 cm³/mol. The topological polar surface area (TPSA) is 29.9 Å². The van der Waals surface area contributed by atoms with Gasteiger partial charge in [0.1, 0.15) is 0 Å². The van der Waals surface area contributed by atoms with Crippen LogP contribution in [0.5, 0.6) is 0 Å². The largest absolute Gasteiger partial charge is 0.314 e. The van der Waals surface area contributed by atoms with Crippen molar-refractivity contribution in [2.45, 2.75) is 51.6 Å². The lowest BCUT2D eigenvalue weighted by molar-refractivity contribution is 0.385. The minimum absolute atomic E-state index is 0.381. The maximum Gasteiger partial charge on any atom is 0.0818 e. The number of aromatic nitrogens is 2. The molecule has 0 bridgehead atoms. The molecule has 1 unspecified atom stereocenters. The van der Waals surface area contributed by atoms with Gasteiger partial charge in [0.15, 0.2) is 0 Å². The molecule has 1 saturated heterocycles. The summed E-state index contributed by atoms with van der Waals surface area (Å²) < 4.78 is 2.04. The molecule has 0 aliphatic carbocycles. The Kier molecular flexibility index (Phi) is 3.87. The fourth-order valence-corrected chi connectivity index (χ4v) is 2.54. The Labute approximate surface area is 102 Å². The second kappa shape index (κ2) is 5.19. The van der Waals surface area contributed by atoms with E-state index in [1.165, 1.54) is 25.0 Å². The molecule has 3 nitrogen and oxygen atoms in total. The molecule has 90 valence electrons. The molecule has 2 rings (SSSR count). The highest BCUT2D eigenvalue weighted by Gasteiger charge is 2.18. The first-order valence-electron chi connectivity index (χ1n) is 6.13. The number of nitrogens with one attached hydrogen (secondary N) is 1. The third-order valence-corrected chi connectivity index (χ3v) is 3.50. The van der Waals surface area contributed by atoms with Crippen LogP contribution >= 0.6 is 11.6 Å². The zero-order chi connectivity index (χ0) is 11.5. The molecular weight excluding hydrogens is 222 g/mol. The summed E-state index contributed by atoms with van der Waals surface area (Å²) in [7, 11) is 0. The standard InChI is InChI=1S/C12H20ClN3/c1-9(2)16-12(11(13)8-15-16)7-10-5-3-4-6-14-10/h8-10,14H,3-7H2,1-2H3. The molecular formula is C12H20ClN3. The number of hydrogen-bond acceptors (Lipinski definition) is 2. The van der Waals surface area contributed by atoms with Gasteiger partial charge in [-0.2, -0.15) is 5.10 Å². The van der Waals surface area contributed by atoms with Crippen molar-refractivity contribution in [1.82, 2.24) is 15.1 Å². The highest BCUT2D eigenvalue weighted by atomic mass is 35.5. The summed E-state index contributed by atoms with van der Waals surface area (Å²) in [5, 5.41) is 8.70. The number of nitrogens with zero attached hydrogens (tertiary/aromatic N) is 2. The molecule has 4 heteroatoms. The van der Waals surface area contributed by atoms with Crippen LogP contribution in [0, 0.1) is 0 Å². The third-order valence-electron chi connectivity index (χ3n) is 3.19. The van der Waals surface area contributed by atoms with Gasteiger partial charge in [0.25, 0.3) is 0 Å². The van der Waals surface area contributed by atoms with Gasteiger partial charge in [0, 0.05) is 18.5 Å². The van der Waals surface area contributed by atoms with Crippen molar-refractivity contribution in [2.24, 2.45) is 0 Å². The molecule has 0 saturated carbocycles. The van der Waals surface area contributed by atoms with E-state index in [0.717, 1.165) is 18.0 Å². The number of piperidine rings is 1. The number of rotatable bonds is 3. The van der Waals surface area contributed by atoms with E-state index in [-0.39, 0.29) is 0 Å². The summed E-state index contributed by atoms with van der Waals surface area (Å²) >= 11 is 6.20. The Morgan fingerprint density at radius 3 is 3.00 bits per heavy atom. The monoisotopic (exact) mass is 241 g/mol. The lowest BCUT2D eigenvalue weighted by atomic mass is 10.0. The van der Waals surface area contributed by atoms with Gasteiger partial charge < -0.3 is 5.32 Å². The zero-order valence-corrected chi connectivity index (χ0v) is 10.8. The van der Waals surface area contributed by atoms with E-state index < -0.39 is 0 Å². The van der Waals surface area contributed by atoms with Crippen LogP contribution < -0.4 is 5.32 Å². The van der Waals surface area contributed by atoms with E-state index in [9.17, 15) is 0 Å². The SMILES string of the molecule is CC(C)n1ncc(Cl)c1CC1CCCCN1. The van der Waals surface area contributed by atoms with Gasteiger partial charge >= 0.3 is 0 Å². The average Bonchev–Trinajstić information content (AvgIpc) is 2.62. The Hall–Kier alpha value is -0.540. The van der Waals surface area contributed by atoms with E-state index >= 15 is 0 Å². The molecule has 1 aliphatic heterocycles. The second-order valence-corrected chi connectivity index (χ2v) is 5.24. The van der Waals surface area contributed by atoms with Crippen LogP contribution in [0.3, 0.4) is 0 Å². The molecule has 1 aromatic heterocycles. The summed E-state index contributed by atoms with van der Waals surface area (Å²) in [5.41, 5.74) is 1.18. The molecule has 16 heavy (non-hydrogen) atoms. The van der Waals surface area contributed by atoms with E-state index in [0.29, 0.717) is 12.1 Å². The Morgan fingerprint density at radius 1 is 1.56 bits per heavy atom. The van der Waals surface area contributed by atoms with Gasteiger partial charge in [0.05, 0.1) is 16.9 Å². The van der Waals surface area contributed by atoms with Crippen LogP contribution in [0.1, 0.15) is 44.8 Å². The quantitative estimate of drug-likeness (QED) is 0.882. The lowest BCUT2D eigenvalue weighted by Gasteiger charge is -2.24. The zero-order valence-electron chi connectivity index (χ0n) is 10.0. The van der Waals surface area contributed by atoms with E-state index in [4.69, 9.17) is 11.6 Å². The lowest BCUT2D eigenvalue weighted by Crippen LogP contribution is -2.36. The fourth-order valence-electron chi connectivity index (χ4n) is 2.33. The molecule has 1 N–H and O–H groups in total. The minimum atomic E-state index is 0.381. The predicted octanol–water partition coefficient (Wildman–Crippen LogP) is 2.80. The van der Waals surface area contributed by atoms with Crippen molar-refractivity contribution in [3.63, 3.8) is 0 Å². The first-order valence-corrected chi connectivity index (χ1v) is 6.51. The molecule has 2 heterocycles. The highest BCUT2D eigenvalue weighted by Crippen LogP contribution is 2.22. The molecule has 1 aliphatic rings. The minimum Gasteiger partial charge on any atom is -0.314 e. The van der Waals surface area contributed by atoms with Crippen molar-refractivity contribution in [2.75, 3.05) is 6.54 Å². The summed E-state index contributed by atoms with van der Waals surface area (Å²) in [4.78, 5) is 0. The summed E-state index contributed by atoms with van der Waals surface area (Å²) in [6.07, 6.45) is 6.63. The first-order chi connectivity index (χ1) is 7.68. The van der Waals surface area contributed by atoms with Crippen LogP contribution in [0.2, 0.25) is 5.02 Å². The second-order valence-electron chi connectivity index (χ2n) is 4.83. The van der Waals surface area contributed by atoms with Crippen molar-refractivity contribution in [3.05, 3.63) is 16.9 Å². The average molecular weight is 242 g/mol. The molecule has 0 aromatic carbocycles. The Morgan fingerprint density at radius 2 is 2.38 bits per heavy atom. The highest BCUT2D eigenvalue weighted by molar-refractivity contribution is 6.31. The maximum absolute atomic E-state index is 6.20.